The lowest BCUT2D eigenvalue weighted by Gasteiger charge is -2.09. The Morgan fingerprint density at radius 2 is 2.15 bits per heavy atom. The zero-order valence-electron chi connectivity index (χ0n) is 11.6. The van der Waals surface area contributed by atoms with Crippen LogP contribution >= 0.6 is 11.6 Å². The van der Waals surface area contributed by atoms with E-state index in [1.807, 2.05) is 26.8 Å². The topological polar surface area (TPSA) is 67.0 Å². The molecule has 6 heteroatoms. The fraction of sp³-hybridized carbons (Fsp3) is 0.286. The molecule has 2 rings (SSSR count). The lowest BCUT2D eigenvalue weighted by Crippen LogP contribution is -2.20. The number of rotatable bonds is 4. The first-order chi connectivity index (χ1) is 9.47. The Balaban J connectivity index is 1.97. The van der Waals surface area contributed by atoms with Crippen molar-refractivity contribution in [2.45, 2.75) is 20.8 Å². The Morgan fingerprint density at radius 1 is 1.40 bits per heavy atom. The Morgan fingerprint density at radius 3 is 2.80 bits per heavy atom. The fourth-order valence-electron chi connectivity index (χ4n) is 1.78. The van der Waals surface area contributed by atoms with Crippen LogP contribution in [-0.2, 0) is 4.79 Å². The van der Waals surface area contributed by atoms with Gasteiger partial charge >= 0.3 is 0 Å². The van der Waals surface area contributed by atoms with Gasteiger partial charge in [-0.15, -0.1) is 0 Å². The van der Waals surface area contributed by atoms with Gasteiger partial charge < -0.3 is 10.1 Å². The van der Waals surface area contributed by atoms with Crippen LogP contribution < -0.4 is 10.1 Å². The van der Waals surface area contributed by atoms with Crippen LogP contribution in [0.2, 0.25) is 5.02 Å². The van der Waals surface area contributed by atoms with Crippen molar-refractivity contribution >= 4 is 23.2 Å². The average Bonchev–Trinajstić information content (AvgIpc) is 2.71. The normalized spacial score (nSPS) is 10.4. The molecule has 0 atom stereocenters. The van der Waals surface area contributed by atoms with E-state index in [4.69, 9.17) is 16.3 Å². The number of carbonyl (C=O) groups excluding carboxylic acids is 1. The maximum absolute atomic E-state index is 11.9. The summed E-state index contributed by atoms with van der Waals surface area (Å²) in [6.07, 6.45) is 0. The van der Waals surface area contributed by atoms with Crippen LogP contribution in [0.3, 0.4) is 0 Å². The fourth-order valence-corrected chi connectivity index (χ4v) is 1.95. The highest BCUT2D eigenvalue weighted by atomic mass is 35.5. The van der Waals surface area contributed by atoms with Gasteiger partial charge in [0.05, 0.1) is 22.1 Å². The third kappa shape index (κ3) is 3.30. The molecule has 106 valence electrons. The van der Waals surface area contributed by atoms with E-state index in [1.165, 1.54) is 0 Å². The van der Waals surface area contributed by atoms with Gasteiger partial charge in [0.1, 0.15) is 5.75 Å². The number of benzene rings is 1. The number of aromatic nitrogens is 2. The molecule has 0 saturated heterocycles. The zero-order valence-corrected chi connectivity index (χ0v) is 12.3. The summed E-state index contributed by atoms with van der Waals surface area (Å²) in [7, 11) is 0. The van der Waals surface area contributed by atoms with Crippen molar-refractivity contribution in [1.82, 2.24) is 10.2 Å². The molecule has 1 amide bonds. The average molecular weight is 294 g/mol. The molecule has 0 fully saturated rings. The van der Waals surface area contributed by atoms with Crippen molar-refractivity contribution in [3.05, 3.63) is 40.2 Å². The highest BCUT2D eigenvalue weighted by molar-refractivity contribution is 6.32. The number of carbonyl (C=O) groups is 1. The summed E-state index contributed by atoms with van der Waals surface area (Å²) < 4.78 is 5.43. The molecule has 0 aliphatic rings. The van der Waals surface area contributed by atoms with E-state index in [2.05, 4.69) is 15.5 Å². The van der Waals surface area contributed by atoms with Crippen molar-refractivity contribution in [3.8, 4) is 5.75 Å². The van der Waals surface area contributed by atoms with E-state index in [1.54, 1.807) is 12.1 Å². The predicted octanol–water partition coefficient (Wildman–Crippen LogP) is 3.01. The molecular weight excluding hydrogens is 278 g/mol. The minimum Gasteiger partial charge on any atom is -0.482 e. The van der Waals surface area contributed by atoms with Crippen molar-refractivity contribution in [3.63, 3.8) is 0 Å². The molecule has 0 radical (unpaired) electrons. The van der Waals surface area contributed by atoms with Gasteiger partial charge in [-0.3, -0.25) is 9.89 Å². The molecule has 0 saturated carbocycles. The van der Waals surface area contributed by atoms with Gasteiger partial charge in [-0.1, -0.05) is 17.7 Å². The molecule has 1 heterocycles. The number of hydrogen-bond donors (Lipinski definition) is 2. The molecule has 0 bridgehead atoms. The molecule has 1 aromatic heterocycles. The first-order valence-corrected chi connectivity index (χ1v) is 6.55. The van der Waals surface area contributed by atoms with Gasteiger partial charge in [0.2, 0.25) is 0 Å². The molecule has 1 aromatic carbocycles. The number of halogens is 1. The number of ether oxygens (including phenoxy) is 1. The van der Waals surface area contributed by atoms with Crippen LogP contribution in [0.5, 0.6) is 5.75 Å². The maximum Gasteiger partial charge on any atom is 0.262 e. The number of H-pyrrole nitrogens is 1. The van der Waals surface area contributed by atoms with Gasteiger partial charge in [-0.05, 0) is 38.5 Å². The lowest BCUT2D eigenvalue weighted by atomic mass is 10.2. The first kappa shape index (κ1) is 14.4. The number of nitrogens with one attached hydrogen (secondary N) is 2. The molecule has 0 aliphatic heterocycles. The summed E-state index contributed by atoms with van der Waals surface area (Å²) in [6.45, 7) is 5.49. The molecule has 2 aromatic rings. The molecule has 0 unspecified atom stereocenters. The Hall–Kier alpha value is -2.01. The van der Waals surface area contributed by atoms with E-state index < -0.39 is 0 Å². The SMILES string of the molecule is Cc1ccc(Cl)c(OCC(=O)Nc2c(C)n[nH]c2C)c1. The monoisotopic (exact) mass is 293 g/mol. The summed E-state index contributed by atoms with van der Waals surface area (Å²) in [6, 6.07) is 5.42. The summed E-state index contributed by atoms with van der Waals surface area (Å²) in [5.41, 5.74) is 3.26. The number of amides is 1. The second-order valence-electron chi connectivity index (χ2n) is 4.58. The van der Waals surface area contributed by atoms with Gasteiger partial charge in [0.25, 0.3) is 5.91 Å². The number of aromatic amines is 1. The van der Waals surface area contributed by atoms with Gasteiger partial charge in [0, 0.05) is 0 Å². The van der Waals surface area contributed by atoms with Gasteiger partial charge in [-0.25, -0.2) is 0 Å². The first-order valence-electron chi connectivity index (χ1n) is 6.17. The highest BCUT2D eigenvalue weighted by Gasteiger charge is 2.11. The van der Waals surface area contributed by atoms with E-state index in [9.17, 15) is 4.79 Å². The summed E-state index contributed by atoms with van der Waals surface area (Å²) >= 11 is 6.00. The molecule has 5 nitrogen and oxygen atoms in total. The number of anilines is 1. The standard InChI is InChI=1S/C14H16ClN3O2/c1-8-4-5-11(15)12(6-8)20-7-13(19)16-14-9(2)17-18-10(14)3/h4-6H,7H2,1-3H3,(H,16,19)(H,17,18). The van der Waals surface area contributed by atoms with Crippen LogP contribution in [0.1, 0.15) is 17.0 Å². The molecule has 2 N–H and O–H groups in total. The van der Waals surface area contributed by atoms with E-state index >= 15 is 0 Å². The Bertz CT molecular complexity index is 618. The van der Waals surface area contributed by atoms with Crippen molar-refractivity contribution < 1.29 is 9.53 Å². The molecular formula is C14H16ClN3O2. The summed E-state index contributed by atoms with van der Waals surface area (Å²) in [5.74, 6) is 0.248. The predicted molar refractivity (Wildman–Crippen MR) is 78.4 cm³/mol. The third-order valence-corrected chi connectivity index (χ3v) is 3.15. The molecule has 0 aliphatic carbocycles. The van der Waals surface area contributed by atoms with Gasteiger partial charge in [-0.2, -0.15) is 5.10 Å². The van der Waals surface area contributed by atoms with E-state index in [-0.39, 0.29) is 12.5 Å². The van der Waals surface area contributed by atoms with Crippen molar-refractivity contribution in [2.75, 3.05) is 11.9 Å². The lowest BCUT2D eigenvalue weighted by molar-refractivity contribution is -0.118. The van der Waals surface area contributed by atoms with Crippen LogP contribution in [0, 0.1) is 20.8 Å². The van der Waals surface area contributed by atoms with Crippen LogP contribution in [0.25, 0.3) is 0 Å². The summed E-state index contributed by atoms with van der Waals surface area (Å²) in [5, 5.41) is 10.1. The number of hydrogen-bond acceptors (Lipinski definition) is 3. The minimum atomic E-state index is -0.254. The van der Waals surface area contributed by atoms with Crippen molar-refractivity contribution in [2.24, 2.45) is 0 Å². The largest absolute Gasteiger partial charge is 0.482 e. The van der Waals surface area contributed by atoms with Gasteiger partial charge in [0.15, 0.2) is 6.61 Å². The Labute approximate surface area is 122 Å². The number of aryl methyl sites for hydroxylation is 3. The quantitative estimate of drug-likeness (QED) is 0.910. The van der Waals surface area contributed by atoms with E-state index in [0.29, 0.717) is 16.5 Å². The van der Waals surface area contributed by atoms with Crippen LogP contribution in [-0.4, -0.2) is 22.7 Å². The van der Waals surface area contributed by atoms with Crippen molar-refractivity contribution in [1.29, 1.82) is 0 Å². The minimum absolute atomic E-state index is 0.104. The zero-order chi connectivity index (χ0) is 14.7. The third-order valence-electron chi connectivity index (χ3n) is 2.84. The highest BCUT2D eigenvalue weighted by Crippen LogP contribution is 2.25. The summed E-state index contributed by atoms with van der Waals surface area (Å²) in [4.78, 5) is 11.9. The molecule has 0 spiro atoms. The smallest absolute Gasteiger partial charge is 0.262 e. The molecule has 20 heavy (non-hydrogen) atoms. The Kier molecular flexibility index (Phi) is 4.29. The van der Waals surface area contributed by atoms with Crippen LogP contribution in [0.4, 0.5) is 5.69 Å². The van der Waals surface area contributed by atoms with E-state index in [0.717, 1.165) is 17.0 Å². The second kappa shape index (κ2) is 5.96. The maximum atomic E-state index is 11.9. The second-order valence-corrected chi connectivity index (χ2v) is 4.99. The van der Waals surface area contributed by atoms with Crippen LogP contribution in [0.15, 0.2) is 18.2 Å². The number of nitrogens with zero attached hydrogens (tertiary/aromatic N) is 1.